The van der Waals surface area contributed by atoms with Crippen LogP contribution in [0.3, 0.4) is 0 Å². The van der Waals surface area contributed by atoms with Gasteiger partial charge in [-0.2, -0.15) is 0 Å². The Morgan fingerprint density at radius 2 is 1.70 bits per heavy atom. The summed E-state index contributed by atoms with van der Waals surface area (Å²) in [4.78, 5) is 19.6. The lowest BCUT2D eigenvalue weighted by Gasteiger charge is -2.12. The lowest BCUT2D eigenvalue weighted by molar-refractivity contribution is -0.122. The van der Waals surface area contributed by atoms with Crippen LogP contribution in [0.2, 0.25) is 0 Å². The molecule has 8 heteroatoms. The molecule has 33 heavy (non-hydrogen) atoms. The van der Waals surface area contributed by atoms with E-state index in [-0.39, 0.29) is 17.5 Å². The number of carbonyl (C=O) groups is 1. The first-order valence-electron chi connectivity index (χ1n) is 10.2. The summed E-state index contributed by atoms with van der Waals surface area (Å²) in [6.07, 6.45) is 1.83. The predicted molar refractivity (Wildman–Crippen MR) is 136 cm³/mol. The molecule has 0 radical (unpaired) electrons. The molecule has 1 aliphatic heterocycles. The fourth-order valence-corrected chi connectivity index (χ4v) is 4.87. The Morgan fingerprint density at radius 1 is 1.03 bits per heavy atom. The molecule has 0 aromatic heterocycles. The molecule has 168 valence electrons. The molecule has 0 atom stereocenters. The molecule has 1 amide bonds. The van der Waals surface area contributed by atoms with E-state index in [9.17, 15) is 13.6 Å². The molecule has 0 unspecified atom stereocenters. The topological polar surface area (TPSA) is 41.9 Å². The minimum absolute atomic E-state index is 0.116. The van der Waals surface area contributed by atoms with E-state index in [1.54, 1.807) is 29.2 Å². The zero-order chi connectivity index (χ0) is 23.4. The van der Waals surface area contributed by atoms with Crippen LogP contribution in [-0.2, 0) is 11.4 Å². The highest BCUT2D eigenvalue weighted by Gasteiger charge is 2.32. The summed E-state index contributed by atoms with van der Waals surface area (Å²) in [7, 11) is 0. The van der Waals surface area contributed by atoms with Crippen molar-refractivity contribution in [3.05, 3.63) is 98.0 Å². The summed E-state index contributed by atoms with van der Waals surface area (Å²) in [5.74, 6) is -0.0180. The summed E-state index contributed by atoms with van der Waals surface area (Å²) in [6.45, 7) is 2.70. The Kier molecular flexibility index (Phi) is 7.44. The molecule has 4 nitrogen and oxygen atoms in total. The predicted octanol–water partition coefficient (Wildman–Crippen LogP) is 6.77. The van der Waals surface area contributed by atoms with Crippen molar-refractivity contribution < 1.29 is 18.3 Å². The lowest BCUT2D eigenvalue weighted by Crippen LogP contribution is -2.28. The number of halogens is 3. The molecule has 0 N–H and O–H groups in total. The summed E-state index contributed by atoms with van der Waals surface area (Å²) in [5, 5.41) is 0.564. The summed E-state index contributed by atoms with van der Waals surface area (Å²) >= 11 is 3.48. The van der Waals surface area contributed by atoms with E-state index in [1.807, 2.05) is 31.2 Å². The minimum Gasteiger partial charge on any atom is -0.488 e. The summed E-state index contributed by atoms with van der Waals surface area (Å²) in [5.41, 5.74) is 2.33. The highest BCUT2D eigenvalue weighted by atomic mass is 127. The molecule has 1 saturated heterocycles. The molecule has 3 aromatic carbocycles. The summed E-state index contributed by atoms with van der Waals surface area (Å²) in [6, 6.07) is 17.7. The molecule has 0 bridgehead atoms. The molecule has 0 spiro atoms. The summed E-state index contributed by atoms with van der Waals surface area (Å²) < 4.78 is 33.0. The van der Waals surface area contributed by atoms with Gasteiger partial charge in [0, 0.05) is 6.54 Å². The largest absolute Gasteiger partial charge is 0.488 e. The van der Waals surface area contributed by atoms with E-state index in [4.69, 9.17) is 4.74 Å². The molecule has 0 aliphatic carbocycles. The number of carbonyl (C=O) groups excluding carboxylic acids is 1. The van der Waals surface area contributed by atoms with E-state index in [0.29, 0.717) is 34.7 Å². The van der Waals surface area contributed by atoms with Crippen LogP contribution in [0.4, 0.5) is 14.5 Å². The second kappa shape index (κ2) is 10.5. The average molecular weight is 576 g/mol. The lowest BCUT2D eigenvalue weighted by atomic mass is 10.2. The second-order valence-corrected chi connectivity index (χ2v) is 9.31. The zero-order valence-electron chi connectivity index (χ0n) is 17.6. The van der Waals surface area contributed by atoms with Crippen LogP contribution in [-0.4, -0.2) is 22.5 Å². The van der Waals surface area contributed by atoms with Gasteiger partial charge >= 0.3 is 0 Å². The Morgan fingerprint density at radius 3 is 2.33 bits per heavy atom. The number of thioether (sulfide) groups is 1. The smallest absolute Gasteiger partial charge is 0.266 e. The van der Waals surface area contributed by atoms with Gasteiger partial charge in [0.15, 0.2) is 5.17 Å². The number of rotatable bonds is 6. The van der Waals surface area contributed by atoms with Crippen LogP contribution < -0.4 is 4.74 Å². The quantitative estimate of drug-likeness (QED) is 0.240. The van der Waals surface area contributed by atoms with Crippen molar-refractivity contribution >= 4 is 57.2 Å². The van der Waals surface area contributed by atoms with Gasteiger partial charge in [-0.05, 0) is 107 Å². The van der Waals surface area contributed by atoms with Gasteiger partial charge < -0.3 is 4.74 Å². The molecule has 1 fully saturated rings. The fourth-order valence-electron chi connectivity index (χ4n) is 3.11. The monoisotopic (exact) mass is 576 g/mol. The van der Waals surface area contributed by atoms with Gasteiger partial charge in [0.25, 0.3) is 5.91 Å². The molecule has 3 aromatic rings. The number of hydrogen-bond acceptors (Lipinski definition) is 4. The maximum Gasteiger partial charge on any atom is 0.266 e. The van der Waals surface area contributed by atoms with Crippen LogP contribution in [0.1, 0.15) is 18.1 Å². The van der Waals surface area contributed by atoms with Crippen LogP contribution in [0, 0.1) is 15.2 Å². The molecular formula is C25H19F2IN2O2S. The standard InChI is InChI=1S/C25H19F2IN2O2S/c1-2-30-24(31)23(33-25(30)29-20-10-8-19(27)9-11-20)14-17-5-12-22(21(28)13-17)32-15-16-3-6-18(26)7-4-16/h3-14H,2,15H2,1H3/b23-14+,29-25?. The number of likely N-dealkylation sites (N-methyl/N-ethyl adjacent to an activating group) is 1. The first-order valence-corrected chi connectivity index (χ1v) is 12.0. The van der Waals surface area contributed by atoms with E-state index in [1.165, 1.54) is 36.0 Å². The maximum atomic E-state index is 13.2. The number of aliphatic imine (C=N–C) groups is 1. The number of hydrogen-bond donors (Lipinski definition) is 0. The number of benzene rings is 3. The Labute approximate surface area is 208 Å². The zero-order valence-corrected chi connectivity index (χ0v) is 20.6. The third kappa shape index (κ3) is 5.80. The number of nitrogens with zero attached hydrogens (tertiary/aromatic N) is 2. The maximum absolute atomic E-state index is 13.2. The van der Waals surface area contributed by atoms with Gasteiger partial charge in [0.05, 0.1) is 14.2 Å². The van der Waals surface area contributed by atoms with E-state index in [0.717, 1.165) is 14.7 Å². The highest BCUT2D eigenvalue weighted by molar-refractivity contribution is 14.1. The van der Waals surface area contributed by atoms with Gasteiger partial charge in [-0.25, -0.2) is 13.8 Å². The first-order chi connectivity index (χ1) is 15.9. The molecule has 4 rings (SSSR count). The van der Waals surface area contributed by atoms with Gasteiger partial charge in [-0.1, -0.05) is 18.2 Å². The van der Waals surface area contributed by atoms with Crippen molar-refractivity contribution in [2.45, 2.75) is 13.5 Å². The highest BCUT2D eigenvalue weighted by Crippen LogP contribution is 2.34. The second-order valence-electron chi connectivity index (χ2n) is 7.14. The average Bonchev–Trinajstić information content (AvgIpc) is 3.09. The molecule has 1 heterocycles. The van der Waals surface area contributed by atoms with Gasteiger partial charge in [0.1, 0.15) is 24.0 Å². The first kappa shape index (κ1) is 23.4. The molecule has 1 aliphatic rings. The normalized spacial score (nSPS) is 16.1. The SMILES string of the molecule is CCN1C(=O)/C(=C\c2ccc(OCc3ccc(F)cc3)c(I)c2)SC1=Nc1ccc(F)cc1. The number of amides is 1. The van der Waals surface area contributed by atoms with Crippen LogP contribution in [0.15, 0.2) is 76.6 Å². The van der Waals surface area contributed by atoms with E-state index in [2.05, 4.69) is 27.6 Å². The van der Waals surface area contributed by atoms with Crippen LogP contribution >= 0.6 is 34.4 Å². The Bertz CT molecular complexity index is 1230. The van der Waals surface area contributed by atoms with Crippen LogP contribution in [0.25, 0.3) is 6.08 Å². The number of amidine groups is 1. The van der Waals surface area contributed by atoms with Crippen molar-refractivity contribution in [3.63, 3.8) is 0 Å². The van der Waals surface area contributed by atoms with Gasteiger partial charge in [0.2, 0.25) is 0 Å². The third-order valence-corrected chi connectivity index (χ3v) is 6.67. The van der Waals surface area contributed by atoms with Crippen LogP contribution in [0.5, 0.6) is 5.75 Å². The van der Waals surface area contributed by atoms with Crippen molar-refractivity contribution in [1.82, 2.24) is 4.90 Å². The van der Waals surface area contributed by atoms with Gasteiger partial charge in [-0.15, -0.1) is 0 Å². The molecular weight excluding hydrogens is 557 g/mol. The van der Waals surface area contributed by atoms with Crippen molar-refractivity contribution in [2.24, 2.45) is 4.99 Å². The number of ether oxygens (including phenoxy) is 1. The Hall–Kier alpha value is -2.72. The minimum atomic E-state index is -0.332. The van der Waals surface area contributed by atoms with E-state index >= 15 is 0 Å². The third-order valence-electron chi connectivity index (χ3n) is 4.82. The fraction of sp³-hybridized carbons (Fsp3) is 0.120. The van der Waals surface area contributed by atoms with E-state index < -0.39 is 0 Å². The van der Waals surface area contributed by atoms with Crippen molar-refractivity contribution in [1.29, 1.82) is 0 Å². The van der Waals surface area contributed by atoms with Gasteiger partial charge in [-0.3, -0.25) is 9.69 Å². The molecule has 0 saturated carbocycles. The van der Waals surface area contributed by atoms with Crippen molar-refractivity contribution in [3.8, 4) is 5.75 Å². The van der Waals surface area contributed by atoms with Crippen molar-refractivity contribution in [2.75, 3.05) is 6.54 Å². The Balaban J connectivity index is 1.50.